The van der Waals surface area contributed by atoms with Crippen LogP contribution in [-0.4, -0.2) is 68.5 Å². The fourth-order valence-electron chi connectivity index (χ4n) is 10.2. The lowest BCUT2D eigenvalue weighted by Crippen LogP contribution is -2.46. The van der Waals surface area contributed by atoms with E-state index in [1.54, 1.807) is 0 Å². The fourth-order valence-corrected chi connectivity index (χ4v) is 11.0. The number of rotatable bonds is 63. The van der Waals surface area contributed by atoms with Crippen LogP contribution in [0.3, 0.4) is 0 Å². The summed E-state index contributed by atoms with van der Waals surface area (Å²) in [6.07, 6.45) is 82.9. The van der Waals surface area contributed by atoms with E-state index < -0.39 is 20.0 Å². The second-order valence-corrected chi connectivity index (χ2v) is 25.9. The molecule has 0 saturated heterocycles. The minimum atomic E-state index is -4.58. The molecule has 0 aromatic rings. The molecule has 0 rings (SSSR count). The first-order valence-electron chi connectivity index (χ1n) is 34.1. The number of phosphoric ester groups is 1. The number of nitrogens with zero attached hydrogens (tertiary/aromatic N) is 1. The van der Waals surface area contributed by atoms with Gasteiger partial charge in [0.05, 0.1) is 39.9 Å². The number of aliphatic hydroxyl groups is 1. The standard InChI is InChI=1S/C70H133N2O6P/c1-6-8-10-12-14-16-18-20-22-24-26-28-29-30-31-32-33-34-35-36-37-38-39-40-41-42-43-44-46-48-50-52-54-56-58-60-62-64-70(74)71-68(67-78-79(75,76)77-66-65-72(3,4)5)69(73)63-61-59-57-55-53-51-49-47-45-27-25-23-21-19-17-15-13-11-9-7-2/h8,10,14,16,20,22,26,28,30-31,68-69,73H,6-7,9,11-13,15,17-19,21,23-25,27,29,32-67H2,1-5H3,(H-,71,74,75,76)/b10-8-,16-14-,22-20-,28-26-,31-30-. The number of allylic oxidation sites excluding steroid dienone is 10. The summed E-state index contributed by atoms with van der Waals surface area (Å²) in [6.45, 7) is 4.65. The van der Waals surface area contributed by atoms with Gasteiger partial charge in [-0.25, -0.2) is 0 Å². The third-order valence-electron chi connectivity index (χ3n) is 15.5. The van der Waals surface area contributed by atoms with Gasteiger partial charge in [0, 0.05) is 6.42 Å². The van der Waals surface area contributed by atoms with Gasteiger partial charge in [-0.15, -0.1) is 0 Å². The van der Waals surface area contributed by atoms with E-state index in [-0.39, 0.29) is 19.1 Å². The van der Waals surface area contributed by atoms with Crippen molar-refractivity contribution in [2.75, 3.05) is 40.9 Å². The van der Waals surface area contributed by atoms with Gasteiger partial charge in [-0.1, -0.05) is 325 Å². The second kappa shape index (κ2) is 60.8. The molecule has 8 nitrogen and oxygen atoms in total. The maximum Gasteiger partial charge on any atom is 0.268 e. The first-order chi connectivity index (χ1) is 38.5. The average Bonchev–Trinajstić information content (AvgIpc) is 3.42. The summed E-state index contributed by atoms with van der Waals surface area (Å²) in [6, 6.07) is -0.801. The Morgan fingerprint density at radius 3 is 1.13 bits per heavy atom. The summed E-state index contributed by atoms with van der Waals surface area (Å²) in [5.41, 5.74) is 0. The van der Waals surface area contributed by atoms with Crippen molar-refractivity contribution >= 4 is 13.7 Å². The van der Waals surface area contributed by atoms with Crippen molar-refractivity contribution in [2.45, 2.75) is 341 Å². The Bertz CT molecular complexity index is 1470. The van der Waals surface area contributed by atoms with Crippen molar-refractivity contribution in [3.63, 3.8) is 0 Å². The largest absolute Gasteiger partial charge is 0.756 e. The number of aliphatic hydroxyl groups excluding tert-OH is 1. The molecule has 0 spiro atoms. The maximum absolute atomic E-state index is 13.0. The van der Waals surface area contributed by atoms with Crippen LogP contribution in [0.4, 0.5) is 0 Å². The number of hydrogen-bond acceptors (Lipinski definition) is 6. The molecule has 0 fully saturated rings. The number of likely N-dealkylation sites (N-methyl/N-ethyl adjacent to an activating group) is 1. The lowest BCUT2D eigenvalue weighted by Gasteiger charge is -2.30. The molecule has 0 radical (unpaired) electrons. The molecule has 0 heterocycles. The van der Waals surface area contributed by atoms with E-state index in [1.807, 2.05) is 21.1 Å². The van der Waals surface area contributed by atoms with Crippen molar-refractivity contribution in [1.29, 1.82) is 0 Å². The van der Waals surface area contributed by atoms with E-state index in [4.69, 9.17) is 9.05 Å². The van der Waals surface area contributed by atoms with Gasteiger partial charge in [0.15, 0.2) is 0 Å². The van der Waals surface area contributed by atoms with Crippen LogP contribution in [0.1, 0.15) is 328 Å². The van der Waals surface area contributed by atoms with E-state index >= 15 is 0 Å². The monoisotopic (exact) mass is 1130 g/mol. The van der Waals surface area contributed by atoms with Gasteiger partial charge in [0.2, 0.25) is 5.91 Å². The van der Waals surface area contributed by atoms with E-state index in [0.29, 0.717) is 23.9 Å². The predicted molar refractivity (Wildman–Crippen MR) is 344 cm³/mol. The summed E-state index contributed by atoms with van der Waals surface area (Å²) in [7, 11) is 1.32. The first kappa shape index (κ1) is 77.2. The van der Waals surface area contributed by atoms with Gasteiger partial charge in [-0.2, -0.15) is 0 Å². The Balaban J connectivity index is 3.96. The highest BCUT2D eigenvalue weighted by Crippen LogP contribution is 2.38. The fraction of sp³-hybridized carbons (Fsp3) is 0.843. The normalized spacial score (nSPS) is 14.1. The summed E-state index contributed by atoms with van der Waals surface area (Å²) in [5.74, 6) is -0.159. The molecule has 3 atom stereocenters. The molecule has 79 heavy (non-hydrogen) atoms. The number of hydrogen-bond donors (Lipinski definition) is 2. The Kier molecular flexibility index (Phi) is 59.4. The van der Waals surface area contributed by atoms with Crippen LogP contribution in [0.5, 0.6) is 0 Å². The van der Waals surface area contributed by atoms with Gasteiger partial charge >= 0.3 is 0 Å². The van der Waals surface area contributed by atoms with Crippen LogP contribution in [0.15, 0.2) is 60.8 Å². The molecule has 0 aromatic carbocycles. The SMILES string of the molecule is CC/C=C\C/C=C\C/C=C\C/C=C\C/C=C\CCCCCCCCCCCCCCCCCCCCCCCC(=O)NC(COP(=O)([O-])OCC[N+](C)(C)C)C(O)CCCCCCCCCCCCCCCCCCCCCC. The zero-order valence-electron chi connectivity index (χ0n) is 53.1. The van der Waals surface area contributed by atoms with Crippen LogP contribution in [-0.2, 0) is 18.4 Å². The average molecular weight is 1130 g/mol. The molecule has 2 N–H and O–H groups in total. The number of carbonyl (C=O) groups excluding carboxylic acids is 1. The number of amides is 1. The Morgan fingerprint density at radius 2 is 0.772 bits per heavy atom. The van der Waals surface area contributed by atoms with Crippen molar-refractivity contribution in [2.24, 2.45) is 0 Å². The molecule has 0 aromatic heterocycles. The molecule has 0 saturated carbocycles. The molecule has 3 unspecified atom stereocenters. The van der Waals surface area contributed by atoms with E-state index in [9.17, 15) is 19.4 Å². The second-order valence-electron chi connectivity index (χ2n) is 24.5. The van der Waals surface area contributed by atoms with Crippen LogP contribution >= 0.6 is 7.82 Å². The summed E-state index contributed by atoms with van der Waals surface area (Å²) in [5, 5.41) is 14.1. The van der Waals surface area contributed by atoms with Crippen LogP contribution in [0.2, 0.25) is 0 Å². The lowest BCUT2D eigenvalue weighted by atomic mass is 10.0. The number of phosphoric acid groups is 1. The summed E-state index contributed by atoms with van der Waals surface area (Å²) in [4.78, 5) is 25.6. The van der Waals surface area contributed by atoms with Crippen LogP contribution in [0.25, 0.3) is 0 Å². The maximum atomic E-state index is 13.0. The van der Waals surface area contributed by atoms with Crippen molar-refractivity contribution in [3.05, 3.63) is 60.8 Å². The van der Waals surface area contributed by atoms with Gasteiger partial charge < -0.3 is 28.8 Å². The molecule has 0 aliphatic heterocycles. The van der Waals surface area contributed by atoms with E-state index in [0.717, 1.165) is 70.6 Å². The van der Waals surface area contributed by atoms with Gasteiger partial charge in [0.25, 0.3) is 7.82 Å². The number of nitrogens with one attached hydrogen (secondary N) is 1. The smallest absolute Gasteiger partial charge is 0.268 e. The van der Waals surface area contributed by atoms with Gasteiger partial charge in [-0.05, 0) is 57.8 Å². The number of unbranched alkanes of at least 4 members (excludes halogenated alkanes) is 40. The molecular formula is C70H133N2O6P. The minimum absolute atomic E-state index is 0.0134. The van der Waals surface area contributed by atoms with Crippen molar-refractivity contribution in [3.8, 4) is 0 Å². The highest BCUT2D eigenvalue weighted by Gasteiger charge is 2.24. The zero-order valence-corrected chi connectivity index (χ0v) is 54.0. The Morgan fingerprint density at radius 1 is 0.456 bits per heavy atom. The molecule has 0 aliphatic rings. The first-order valence-corrected chi connectivity index (χ1v) is 35.6. The van der Waals surface area contributed by atoms with Gasteiger partial charge in [0.1, 0.15) is 13.2 Å². The molecule has 9 heteroatoms. The molecular weight excluding hydrogens is 996 g/mol. The van der Waals surface area contributed by atoms with E-state index in [2.05, 4.69) is 79.9 Å². The Hall–Kier alpha value is -1.80. The van der Waals surface area contributed by atoms with Crippen molar-refractivity contribution in [1.82, 2.24) is 5.32 Å². The van der Waals surface area contributed by atoms with Crippen LogP contribution in [0, 0.1) is 0 Å². The minimum Gasteiger partial charge on any atom is -0.756 e. The zero-order chi connectivity index (χ0) is 57.7. The summed E-state index contributed by atoms with van der Waals surface area (Å²) >= 11 is 0. The highest BCUT2D eigenvalue weighted by atomic mass is 31.2. The molecule has 1 amide bonds. The molecule has 0 aliphatic carbocycles. The lowest BCUT2D eigenvalue weighted by molar-refractivity contribution is -0.870. The topological polar surface area (TPSA) is 108 Å². The van der Waals surface area contributed by atoms with Gasteiger partial charge in [-0.3, -0.25) is 9.36 Å². The summed E-state index contributed by atoms with van der Waals surface area (Å²) < 4.78 is 23.5. The highest BCUT2D eigenvalue weighted by molar-refractivity contribution is 7.45. The number of carbonyl (C=O) groups is 1. The predicted octanol–water partition coefficient (Wildman–Crippen LogP) is 21.0. The number of quaternary nitrogens is 1. The van der Waals surface area contributed by atoms with E-state index in [1.165, 1.54) is 231 Å². The quantitative estimate of drug-likeness (QED) is 0.0272. The Labute approximate surface area is 492 Å². The van der Waals surface area contributed by atoms with Crippen molar-refractivity contribution < 1.29 is 32.9 Å². The third-order valence-corrected chi connectivity index (χ3v) is 16.5. The third kappa shape index (κ3) is 63.6. The van der Waals surface area contributed by atoms with Crippen LogP contribution < -0.4 is 10.2 Å². The molecule has 464 valence electrons. The molecule has 0 bridgehead atoms.